The number of aromatic nitrogens is 2. The first kappa shape index (κ1) is 13.0. The van der Waals surface area contributed by atoms with Gasteiger partial charge in [0, 0.05) is 35.5 Å². The summed E-state index contributed by atoms with van der Waals surface area (Å²) in [5.41, 5.74) is 7.24. The molecular weight excluding hydrogens is 246 g/mol. The molecule has 0 spiro atoms. The topological polar surface area (TPSA) is 53.1 Å². The van der Waals surface area contributed by atoms with Crippen molar-refractivity contribution in [1.29, 1.82) is 0 Å². The van der Waals surface area contributed by atoms with Gasteiger partial charge in [-0.2, -0.15) is 5.10 Å². The van der Waals surface area contributed by atoms with E-state index in [4.69, 9.17) is 10.5 Å². The van der Waals surface area contributed by atoms with Crippen molar-refractivity contribution in [3.05, 3.63) is 42.2 Å². The van der Waals surface area contributed by atoms with Crippen molar-refractivity contribution in [3.8, 4) is 5.75 Å². The van der Waals surface area contributed by atoms with Crippen molar-refractivity contribution in [2.45, 2.75) is 10.9 Å². The normalized spacial score (nSPS) is 12.4. The molecule has 1 atom stereocenters. The molecule has 96 valence electrons. The summed E-state index contributed by atoms with van der Waals surface area (Å²) in [6.45, 7) is 0. The Morgan fingerprint density at radius 1 is 1.44 bits per heavy atom. The van der Waals surface area contributed by atoms with Gasteiger partial charge < -0.3 is 10.5 Å². The van der Waals surface area contributed by atoms with Crippen molar-refractivity contribution < 1.29 is 4.74 Å². The number of methoxy groups -OCH3 is 1. The lowest BCUT2D eigenvalue weighted by atomic mass is 10.1. The van der Waals surface area contributed by atoms with Gasteiger partial charge in [0.1, 0.15) is 5.75 Å². The predicted molar refractivity (Wildman–Crippen MR) is 73.9 cm³/mol. The minimum atomic E-state index is -0.0497. The van der Waals surface area contributed by atoms with Crippen molar-refractivity contribution in [2.24, 2.45) is 12.8 Å². The first-order chi connectivity index (χ1) is 8.70. The number of ether oxygens (including phenoxy) is 1. The number of benzene rings is 1. The van der Waals surface area contributed by atoms with Gasteiger partial charge in [0.25, 0.3) is 0 Å². The fourth-order valence-corrected chi connectivity index (χ4v) is 2.62. The Kier molecular flexibility index (Phi) is 4.28. The summed E-state index contributed by atoms with van der Waals surface area (Å²) < 4.78 is 7.11. The molecule has 1 unspecified atom stereocenters. The molecule has 5 heteroatoms. The first-order valence-corrected chi connectivity index (χ1v) is 6.69. The fourth-order valence-electron chi connectivity index (χ4n) is 1.72. The van der Waals surface area contributed by atoms with Crippen LogP contribution in [0.5, 0.6) is 5.75 Å². The molecule has 0 fully saturated rings. The molecule has 0 radical (unpaired) electrons. The van der Waals surface area contributed by atoms with Gasteiger partial charge in [0.2, 0.25) is 0 Å². The second-order valence-corrected chi connectivity index (χ2v) is 5.10. The highest BCUT2D eigenvalue weighted by Gasteiger charge is 2.12. The fraction of sp³-hybridized carbons (Fsp3) is 0.308. The molecule has 0 aliphatic rings. The van der Waals surface area contributed by atoms with Crippen LogP contribution in [0.2, 0.25) is 0 Å². The molecule has 1 heterocycles. The van der Waals surface area contributed by atoms with E-state index in [0.29, 0.717) is 0 Å². The van der Waals surface area contributed by atoms with Crippen LogP contribution in [0.1, 0.15) is 11.6 Å². The van der Waals surface area contributed by atoms with E-state index >= 15 is 0 Å². The van der Waals surface area contributed by atoms with Crippen molar-refractivity contribution in [1.82, 2.24) is 9.78 Å². The van der Waals surface area contributed by atoms with Crippen molar-refractivity contribution in [3.63, 3.8) is 0 Å². The molecule has 1 aromatic heterocycles. The first-order valence-electron chi connectivity index (χ1n) is 5.70. The van der Waals surface area contributed by atoms with Crippen molar-refractivity contribution >= 4 is 11.8 Å². The van der Waals surface area contributed by atoms with Crippen LogP contribution in [0.4, 0.5) is 0 Å². The lowest BCUT2D eigenvalue weighted by molar-refractivity contribution is 0.407. The van der Waals surface area contributed by atoms with E-state index in [0.717, 1.165) is 22.0 Å². The summed E-state index contributed by atoms with van der Waals surface area (Å²) in [6, 6.07) is 7.82. The summed E-state index contributed by atoms with van der Waals surface area (Å²) in [5, 5.41) is 4.13. The molecule has 0 saturated carbocycles. The average Bonchev–Trinajstić information content (AvgIpc) is 2.81. The highest BCUT2D eigenvalue weighted by molar-refractivity contribution is 7.99. The molecule has 1 aromatic carbocycles. The zero-order valence-corrected chi connectivity index (χ0v) is 11.4. The van der Waals surface area contributed by atoms with Gasteiger partial charge in [-0.05, 0) is 6.07 Å². The Balaban J connectivity index is 2.01. The lowest BCUT2D eigenvalue weighted by Crippen LogP contribution is -2.14. The third-order valence-corrected chi connectivity index (χ3v) is 3.72. The Labute approximate surface area is 111 Å². The minimum Gasteiger partial charge on any atom is -0.496 e. The van der Waals surface area contributed by atoms with Gasteiger partial charge in [-0.25, -0.2) is 0 Å². The Morgan fingerprint density at radius 3 is 2.89 bits per heavy atom. The summed E-state index contributed by atoms with van der Waals surface area (Å²) in [7, 11) is 3.57. The maximum atomic E-state index is 6.20. The van der Waals surface area contributed by atoms with E-state index < -0.39 is 0 Å². The maximum Gasteiger partial charge on any atom is 0.123 e. The number of nitrogens with two attached hydrogens (primary N) is 1. The number of rotatable bonds is 5. The van der Waals surface area contributed by atoms with Crippen LogP contribution in [0.15, 0.2) is 41.6 Å². The zero-order valence-electron chi connectivity index (χ0n) is 10.5. The molecule has 2 aromatic rings. The molecule has 0 bridgehead atoms. The predicted octanol–water partition coefficient (Wildman–Crippen LogP) is 2.22. The van der Waals surface area contributed by atoms with E-state index in [9.17, 15) is 0 Å². The van der Waals surface area contributed by atoms with Crippen molar-refractivity contribution in [2.75, 3.05) is 12.9 Å². The van der Waals surface area contributed by atoms with Gasteiger partial charge in [0.15, 0.2) is 0 Å². The summed E-state index contributed by atoms with van der Waals surface area (Å²) in [6.07, 6.45) is 3.83. The molecular formula is C13H17N3OS. The van der Waals surface area contributed by atoms with E-state index in [2.05, 4.69) is 5.10 Å². The number of aryl methyl sites for hydroxylation is 1. The SMILES string of the molecule is COc1ccccc1C(N)CSc1cnn(C)c1. The second kappa shape index (κ2) is 5.93. The smallest absolute Gasteiger partial charge is 0.123 e. The van der Waals surface area contributed by atoms with Crippen LogP contribution in [0.25, 0.3) is 0 Å². The molecule has 4 nitrogen and oxygen atoms in total. The zero-order chi connectivity index (χ0) is 13.0. The van der Waals surface area contributed by atoms with E-state index in [1.807, 2.05) is 43.7 Å². The largest absolute Gasteiger partial charge is 0.496 e. The average molecular weight is 263 g/mol. The summed E-state index contributed by atoms with van der Waals surface area (Å²) in [5.74, 6) is 1.64. The van der Waals surface area contributed by atoms with Crippen LogP contribution < -0.4 is 10.5 Å². The van der Waals surface area contributed by atoms with Crippen LogP contribution in [-0.4, -0.2) is 22.6 Å². The third-order valence-electron chi connectivity index (χ3n) is 2.65. The summed E-state index contributed by atoms with van der Waals surface area (Å²) in [4.78, 5) is 1.13. The second-order valence-electron chi connectivity index (χ2n) is 4.01. The summed E-state index contributed by atoms with van der Waals surface area (Å²) >= 11 is 1.70. The quantitative estimate of drug-likeness (QED) is 0.840. The molecule has 0 aliphatic heterocycles. The number of thioether (sulfide) groups is 1. The third kappa shape index (κ3) is 3.05. The van der Waals surface area contributed by atoms with Crippen LogP contribution >= 0.6 is 11.8 Å². The Morgan fingerprint density at radius 2 is 2.22 bits per heavy atom. The maximum absolute atomic E-state index is 6.20. The Bertz CT molecular complexity index is 512. The van der Waals surface area contributed by atoms with Crippen LogP contribution in [-0.2, 0) is 7.05 Å². The van der Waals surface area contributed by atoms with Gasteiger partial charge in [-0.15, -0.1) is 11.8 Å². The Hall–Kier alpha value is -1.46. The lowest BCUT2D eigenvalue weighted by Gasteiger charge is -2.14. The van der Waals surface area contributed by atoms with Crippen LogP contribution in [0, 0.1) is 0 Å². The number of para-hydroxylation sites is 1. The van der Waals surface area contributed by atoms with E-state index in [-0.39, 0.29) is 6.04 Å². The highest BCUT2D eigenvalue weighted by Crippen LogP contribution is 2.28. The molecule has 2 N–H and O–H groups in total. The standard InChI is InChI=1S/C13H17N3OS/c1-16-8-10(7-15-16)18-9-12(14)11-5-3-4-6-13(11)17-2/h3-8,12H,9,14H2,1-2H3. The molecule has 2 rings (SSSR count). The number of nitrogens with zero attached hydrogens (tertiary/aromatic N) is 2. The molecule has 0 saturated heterocycles. The van der Waals surface area contributed by atoms with Gasteiger partial charge in [-0.1, -0.05) is 18.2 Å². The van der Waals surface area contributed by atoms with Crippen LogP contribution in [0.3, 0.4) is 0 Å². The van der Waals surface area contributed by atoms with Gasteiger partial charge >= 0.3 is 0 Å². The molecule has 18 heavy (non-hydrogen) atoms. The van der Waals surface area contributed by atoms with Gasteiger partial charge in [0.05, 0.1) is 13.3 Å². The van der Waals surface area contributed by atoms with E-state index in [1.165, 1.54) is 0 Å². The monoisotopic (exact) mass is 263 g/mol. The van der Waals surface area contributed by atoms with E-state index in [1.54, 1.807) is 23.6 Å². The number of hydrogen-bond donors (Lipinski definition) is 1. The van der Waals surface area contributed by atoms with Gasteiger partial charge in [-0.3, -0.25) is 4.68 Å². The molecule has 0 aliphatic carbocycles. The number of hydrogen-bond acceptors (Lipinski definition) is 4. The molecule has 0 amide bonds. The minimum absolute atomic E-state index is 0.0497. The highest BCUT2D eigenvalue weighted by atomic mass is 32.2.